The van der Waals surface area contributed by atoms with E-state index in [0.29, 0.717) is 10.0 Å². The molecule has 0 bridgehead atoms. The van der Waals surface area contributed by atoms with E-state index >= 15 is 0 Å². The minimum Gasteiger partial charge on any atom is -0.331 e. The topological polar surface area (TPSA) is 20.7 Å². The van der Waals surface area contributed by atoms with Gasteiger partial charge in [0, 0.05) is 11.8 Å². The molecule has 90 valence electrons. The van der Waals surface area contributed by atoms with Crippen molar-refractivity contribution in [2.24, 2.45) is 0 Å². The van der Waals surface area contributed by atoms with Gasteiger partial charge in [-0.25, -0.2) is 4.39 Å². The first kappa shape index (κ1) is 11.3. The van der Waals surface area contributed by atoms with E-state index in [1.807, 2.05) is 16.3 Å². The molecule has 3 rings (SSSR count). The van der Waals surface area contributed by atoms with Crippen molar-refractivity contribution in [3.05, 3.63) is 28.8 Å². The lowest BCUT2D eigenvalue weighted by molar-refractivity contribution is 0.623. The van der Waals surface area contributed by atoms with Crippen LogP contribution in [0.1, 0.15) is 12.8 Å². The first-order chi connectivity index (χ1) is 8.24. The summed E-state index contributed by atoms with van der Waals surface area (Å²) in [4.78, 5) is 3.13. The molecular formula is C12H13FN2S2. The fraction of sp³-hybridized carbons (Fsp3) is 0.417. The first-order valence-corrected chi connectivity index (χ1v) is 7.19. The van der Waals surface area contributed by atoms with Crippen LogP contribution in [0.5, 0.6) is 0 Å². The number of nitrogens with zero attached hydrogens (tertiary/aromatic N) is 1. The molecule has 0 radical (unpaired) electrons. The van der Waals surface area contributed by atoms with Crippen LogP contribution < -0.4 is 0 Å². The van der Waals surface area contributed by atoms with Gasteiger partial charge >= 0.3 is 0 Å². The van der Waals surface area contributed by atoms with Gasteiger partial charge in [-0.05, 0) is 49.0 Å². The molecule has 0 spiro atoms. The van der Waals surface area contributed by atoms with Gasteiger partial charge in [-0.1, -0.05) is 0 Å². The van der Waals surface area contributed by atoms with Crippen LogP contribution in [-0.4, -0.2) is 20.6 Å². The maximum Gasteiger partial charge on any atom is 0.178 e. The van der Waals surface area contributed by atoms with E-state index in [1.54, 1.807) is 12.1 Å². The van der Waals surface area contributed by atoms with Crippen LogP contribution in [0.25, 0.3) is 11.0 Å². The van der Waals surface area contributed by atoms with E-state index in [9.17, 15) is 4.39 Å². The molecule has 2 nitrogen and oxygen atoms in total. The molecule has 1 aromatic heterocycles. The van der Waals surface area contributed by atoms with Crippen molar-refractivity contribution >= 4 is 35.0 Å². The predicted octanol–water partition coefficient (Wildman–Crippen LogP) is 3.73. The van der Waals surface area contributed by atoms with Crippen LogP contribution in [0.4, 0.5) is 4.39 Å². The highest BCUT2D eigenvalue weighted by molar-refractivity contribution is 8.00. The largest absolute Gasteiger partial charge is 0.331 e. The Hall–Kier alpha value is -0.810. The summed E-state index contributed by atoms with van der Waals surface area (Å²) in [5.74, 6) is 1.02. The van der Waals surface area contributed by atoms with E-state index in [4.69, 9.17) is 12.2 Å². The van der Waals surface area contributed by atoms with Crippen molar-refractivity contribution in [1.82, 2.24) is 9.55 Å². The summed E-state index contributed by atoms with van der Waals surface area (Å²) in [5, 5.41) is 0.615. The third kappa shape index (κ3) is 2.13. The van der Waals surface area contributed by atoms with Crippen molar-refractivity contribution in [2.45, 2.75) is 24.6 Å². The number of aromatic nitrogens is 2. The zero-order valence-electron chi connectivity index (χ0n) is 9.28. The maximum atomic E-state index is 13.3. The number of fused-ring (bicyclic) bond motifs is 1. The van der Waals surface area contributed by atoms with Crippen LogP contribution in [0.3, 0.4) is 0 Å². The Morgan fingerprint density at radius 3 is 3.18 bits per heavy atom. The lowest BCUT2D eigenvalue weighted by Gasteiger charge is -2.10. The highest BCUT2D eigenvalue weighted by Crippen LogP contribution is 2.28. The number of rotatable bonds is 2. The number of H-pyrrole nitrogens is 1. The van der Waals surface area contributed by atoms with Gasteiger partial charge in [-0.2, -0.15) is 11.8 Å². The summed E-state index contributed by atoms with van der Waals surface area (Å²) in [6.45, 7) is 0.882. The molecule has 0 amide bonds. The smallest absolute Gasteiger partial charge is 0.178 e. The van der Waals surface area contributed by atoms with Crippen LogP contribution >= 0.6 is 24.0 Å². The summed E-state index contributed by atoms with van der Waals surface area (Å²) in [6, 6.07) is 4.77. The number of aromatic amines is 1. The van der Waals surface area contributed by atoms with E-state index < -0.39 is 0 Å². The van der Waals surface area contributed by atoms with Gasteiger partial charge in [0.15, 0.2) is 4.77 Å². The molecule has 5 heteroatoms. The standard InChI is InChI=1S/C12H13FN2S2/c13-8-3-4-10-11(6-8)15(12(16)14-10)7-9-2-1-5-17-9/h3-4,6,9H,1-2,5,7H2,(H,14,16). The number of halogens is 1. The zero-order chi connectivity index (χ0) is 11.8. The van der Waals surface area contributed by atoms with Gasteiger partial charge in [0.25, 0.3) is 0 Å². The fourth-order valence-corrected chi connectivity index (χ4v) is 3.84. The minimum absolute atomic E-state index is 0.209. The molecule has 2 heterocycles. The summed E-state index contributed by atoms with van der Waals surface area (Å²) in [6.07, 6.45) is 2.51. The van der Waals surface area contributed by atoms with Crippen LogP contribution in [0, 0.1) is 10.6 Å². The minimum atomic E-state index is -0.209. The third-order valence-corrected chi connectivity index (χ3v) is 4.85. The second-order valence-electron chi connectivity index (χ2n) is 4.34. The lowest BCUT2D eigenvalue weighted by Crippen LogP contribution is -2.09. The van der Waals surface area contributed by atoms with Gasteiger partial charge in [0.1, 0.15) is 5.82 Å². The van der Waals surface area contributed by atoms with Crippen molar-refractivity contribution < 1.29 is 4.39 Å². The summed E-state index contributed by atoms with van der Waals surface area (Å²) in [7, 11) is 0. The summed E-state index contributed by atoms with van der Waals surface area (Å²) in [5.41, 5.74) is 1.79. The predicted molar refractivity (Wildman–Crippen MR) is 72.6 cm³/mol. The Morgan fingerprint density at radius 1 is 1.53 bits per heavy atom. The average molecular weight is 268 g/mol. The van der Waals surface area contributed by atoms with E-state index in [-0.39, 0.29) is 5.82 Å². The fourth-order valence-electron chi connectivity index (χ4n) is 2.30. The van der Waals surface area contributed by atoms with Crippen molar-refractivity contribution in [3.63, 3.8) is 0 Å². The Bertz CT molecular complexity index is 596. The molecule has 1 N–H and O–H groups in total. The molecule has 1 unspecified atom stereocenters. The van der Waals surface area contributed by atoms with Gasteiger partial charge in [0.2, 0.25) is 0 Å². The van der Waals surface area contributed by atoms with Gasteiger partial charge < -0.3 is 9.55 Å². The van der Waals surface area contributed by atoms with E-state index in [2.05, 4.69) is 4.98 Å². The molecule has 1 aliphatic rings. The number of nitrogens with one attached hydrogen (secondary N) is 1. The Kier molecular flexibility index (Phi) is 2.96. The van der Waals surface area contributed by atoms with Gasteiger partial charge in [-0.15, -0.1) is 0 Å². The quantitative estimate of drug-likeness (QED) is 0.838. The van der Waals surface area contributed by atoms with Crippen molar-refractivity contribution in [2.75, 3.05) is 5.75 Å². The van der Waals surface area contributed by atoms with Gasteiger partial charge in [0.05, 0.1) is 11.0 Å². The average Bonchev–Trinajstić information content (AvgIpc) is 2.90. The molecule has 1 atom stereocenters. The van der Waals surface area contributed by atoms with E-state index in [0.717, 1.165) is 17.6 Å². The van der Waals surface area contributed by atoms with E-state index in [1.165, 1.54) is 24.7 Å². The van der Waals surface area contributed by atoms with Crippen LogP contribution in [-0.2, 0) is 6.54 Å². The zero-order valence-corrected chi connectivity index (χ0v) is 10.9. The molecule has 0 saturated carbocycles. The molecule has 2 aromatic rings. The lowest BCUT2D eigenvalue weighted by atomic mass is 10.2. The molecule has 1 saturated heterocycles. The highest BCUT2D eigenvalue weighted by Gasteiger charge is 2.17. The highest BCUT2D eigenvalue weighted by atomic mass is 32.2. The number of imidazole rings is 1. The molecule has 1 aliphatic heterocycles. The summed E-state index contributed by atoms with van der Waals surface area (Å²) < 4.78 is 16.0. The maximum absolute atomic E-state index is 13.3. The SMILES string of the molecule is Fc1ccc2[nH]c(=S)n(CC3CCCS3)c2c1. The Labute approximate surface area is 108 Å². The van der Waals surface area contributed by atoms with Crippen LogP contribution in [0.2, 0.25) is 0 Å². The number of thioether (sulfide) groups is 1. The second kappa shape index (κ2) is 4.46. The van der Waals surface area contributed by atoms with Crippen LogP contribution in [0.15, 0.2) is 18.2 Å². The number of benzene rings is 1. The third-order valence-electron chi connectivity index (χ3n) is 3.15. The normalized spacial score (nSPS) is 20.2. The number of hydrogen-bond acceptors (Lipinski definition) is 2. The Balaban J connectivity index is 2.04. The molecule has 1 fully saturated rings. The van der Waals surface area contributed by atoms with Gasteiger partial charge in [-0.3, -0.25) is 0 Å². The molecule has 17 heavy (non-hydrogen) atoms. The van der Waals surface area contributed by atoms with Crippen molar-refractivity contribution in [3.8, 4) is 0 Å². The molecule has 1 aromatic carbocycles. The molecule has 0 aliphatic carbocycles. The monoisotopic (exact) mass is 268 g/mol. The van der Waals surface area contributed by atoms with Crippen molar-refractivity contribution in [1.29, 1.82) is 0 Å². The summed E-state index contributed by atoms with van der Waals surface area (Å²) >= 11 is 7.29. The first-order valence-electron chi connectivity index (χ1n) is 5.74. The molecular weight excluding hydrogens is 255 g/mol. The Morgan fingerprint density at radius 2 is 2.41 bits per heavy atom. The number of hydrogen-bond donors (Lipinski definition) is 1. The second-order valence-corrected chi connectivity index (χ2v) is 6.13.